The third-order valence-corrected chi connectivity index (χ3v) is 1.54. The number of amides is 1. The molecule has 1 aromatic rings. The van der Waals surface area contributed by atoms with Crippen molar-refractivity contribution in [3.8, 4) is 0 Å². The maximum Gasteiger partial charge on any atom is 0.237 e. The molecule has 1 rings (SSSR count). The summed E-state index contributed by atoms with van der Waals surface area (Å²) in [5.41, 5.74) is 5.34. The van der Waals surface area contributed by atoms with Gasteiger partial charge in [0.1, 0.15) is 0 Å². The fraction of sp³-hybridized carbons (Fsp3) is 0.667. The molecular weight excluding hydrogens is 172 g/mol. The molecule has 72 valence electrons. The number of carbonyl (C=O) groups is 1. The molecule has 7 nitrogen and oxygen atoms in total. The number of hydrogen-bond acceptors (Lipinski definition) is 5. The van der Waals surface area contributed by atoms with Crippen LogP contribution in [0.5, 0.6) is 0 Å². The van der Waals surface area contributed by atoms with Gasteiger partial charge in [-0.15, -0.1) is 5.10 Å². The van der Waals surface area contributed by atoms with Crippen LogP contribution < -0.4 is 11.1 Å². The van der Waals surface area contributed by atoms with E-state index >= 15 is 0 Å². The second-order valence-electron chi connectivity index (χ2n) is 2.73. The van der Waals surface area contributed by atoms with E-state index in [1.165, 1.54) is 4.68 Å². The predicted molar refractivity (Wildman–Crippen MR) is 44.3 cm³/mol. The van der Waals surface area contributed by atoms with E-state index in [0.717, 1.165) is 0 Å². The van der Waals surface area contributed by atoms with Gasteiger partial charge < -0.3 is 11.1 Å². The standard InChI is InChI=1S/C6H12N6O/c1-4(7)6(13)8-3-5-9-10-11-12(5)2/h4H,3,7H2,1-2H3,(H,8,13)/t4-/m1/s1. The summed E-state index contributed by atoms with van der Waals surface area (Å²) in [6, 6.07) is -0.513. The third-order valence-electron chi connectivity index (χ3n) is 1.54. The second-order valence-corrected chi connectivity index (χ2v) is 2.73. The van der Waals surface area contributed by atoms with Gasteiger partial charge in [-0.3, -0.25) is 4.79 Å². The maximum absolute atomic E-state index is 11.0. The van der Waals surface area contributed by atoms with Gasteiger partial charge in [-0.2, -0.15) is 0 Å². The van der Waals surface area contributed by atoms with Crippen LogP contribution >= 0.6 is 0 Å². The molecule has 0 saturated heterocycles. The van der Waals surface area contributed by atoms with Crippen LogP contribution in [-0.4, -0.2) is 32.2 Å². The second kappa shape index (κ2) is 3.94. The third kappa shape index (κ3) is 2.48. The first-order valence-corrected chi connectivity index (χ1v) is 3.86. The van der Waals surface area contributed by atoms with E-state index in [4.69, 9.17) is 5.73 Å². The summed E-state index contributed by atoms with van der Waals surface area (Å²) in [4.78, 5) is 11.0. The van der Waals surface area contributed by atoms with Crippen LogP contribution in [0.25, 0.3) is 0 Å². The zero-order valence-electron chi connectivity index (χ0n) is 7.56. The number of hydrogen-bond donors (Lipinski definition) is 2. The molecule has 0 bridgehead atoms. The van der Waals surface area contributed by atoms with Gasteiger partial charge in [0.25, 0.3) is 0 Å². The molecule has 0 unspecified atom stereocenters. The number of rotatable bonds is 3. The Morgan fingerprint density at radius 2 is 2.46 bits per heavy atom. The average Bonchev–Trinajstić information content (AvgIpc) is 2.47. The Morgan fingerprint density at radius 1 is 1.77 bits per heavy atom. The van der Waals surface area contributed by atoms with Gasteiger partial charge in [0.05, 0.1) is 12.6 Å². The minimum absolute atomic E-state index is 0.219. The molecule has 0 fully saturated rings. The van der Waals surface area contributed by atoms with Crippen LogP contribution in [-0.2, 0) is 18.4 Å². The van der Waals surface area contributed by atoms with Crippen LogP contribution in [0, 0.1) is 0 Å². The Balaban J connectivity index is 2.44. The molecule has 1 atom stereocenters. The first kappa shape index (κ1) is 9.59. The zero-order chi connectivity index (χ0) is 9.84. The van der Waals surface area contributed by atoms with Crippen molar-refractivity contribution in [2.45, 2.75) is 19.5 Å². The fourth-order valence-corrected chi connectivity index (χ4v) is 0.725. The summed E-state index contributed by atoms with van der Waals surface area (Å²) in [5.74, 6) is 0.372. The van der Waals surface area contributed by atoms with Gasteiger partial charge in [0.2, 0.25) is 5.91 Å². The zero-order valence-corrected chi connectivity index (χ0v) is 7.56. The van der Waals surface area contributed by atoms with Gasteiger partial charge in [0, 0.05) is 7.05 Å². The van der Waals surface area contributed by atoms with Gasteiger partial charge >= 0.3 is 0 Å². The van der Waals surface area contributed by atoms with Crippen molar-refractivity contribution in [3.63, 3.8) is 0 Å². The highest BCUT2D eigenvalue weighted by molar-refractivity contribution is 5.80. The molecular formula is C6H12N6O. The Kier molecular flexibility index (Phi) is 2.91. The Labute approximate surface area is 75.3 Å². The molecule has 1 heterocycles. The summed E-state index contributed by atoms with van der Waals surface area (Å²) >= 11 is 0. The normalized spacial score (nSPS) is 12.5. The van der Waals surface area contributed by atoms with E-state index < -0.39 is 6.04 Å². The molecule has 0 saturated carbocycles. The molecule has 0 radical (unpaired) electrons. The topological polar surface area (TPSA) is 98.7 Å². The molecule has 1 aromatic heterocycles. The van der Waals surface area contributed by atoms with E-state index in [-0.39, 0.29) is 5.91 Å². The number of aromatic nitrogens is 4. The van der Waals surface area contributed by atoms with E-state index in [9.17, 15) is 4.79 Å². The monoisotopic (exact) mass is 184 g/mol. The Bertz CT molecular complexity index is 293. The van der Waals surface area contributed by atoms with Crippen LogP contribution in [0.2, 0.25) is 0 Å². The molecule has 0 aliphatic rings. The van der Waals surface area contributed by atoms with E-state index in [2.05, 4.69) is 20.8 Å². The molecule has 0 aliphatic carbocycles. The lowest BCUT2D eigenvalue weighted by molar-refractivity contribution is -0.122. The van der Waals surface area contributed by atoms with Gasteiger partial charge in [-0.05, 0) is 17.4 Å². The number of carbonyl (C=O) groups excluding carboxylic acids is 1. The molecule has 1 amide bonds. The number of nitrogens with one attached hydrogen (secondary N) is 1. The van der Waals surface area contributed by atoms with Crippen molar-refractivity contribution in [3.05, 3.63) is 5.82 Å². The van der Waals surface area contributed by atoms with Gasteiger partial charge in [-0.1, -0.05) is 0 Å². The van der Waals surface area contributed by atoms with Crippen molar-refractivity contribution < 1.29 is 4.79 Å². The smallest absolute Gasteiger partial charge is 0.237 e. The maximum atomic E-state index is 11.0. The van der Waals surface area contributed by atoms with Crippen molar-refractivity contribution in [2.75, 3.05) is 0 Å². The largest absolute Gasteiger partial charge is 0.347 e. The van der Waals surface area contributed by atoms with E-state index in [0.29, 0.717) is 12.4 Å². The molecule has 7 heteroatoms. The minimum atomic E-state index is -0.513. The molecule has 13 heavy (non-hydrogen) atoms. The van der Waals surface area contributed by atoms with E-state index in [1.807, 2.05) is 0 Å². The number of nitrogens with zero attached hydrogens (tertiary/aromatic N) is 4. The number of nitrogens with two attached hydrogens (primary N) is 1. The van der Waals surface area contributed by atoms with Crippen molar-refractivity contribution >= 4 is 5.91 Å². The summed E-state index contributed by atoms with van der Waals surface area (Å²) in [5, 5.41) is 13.3. The predicted octanol–water partition coefficient (Wildman–Crippen LogP) is -1.83. The summed E-state index contributed by atoms with van der Waals surface area (Å²) < 4.78 is 1.49. The lowest BCUT2D eigenvalue weighted by atomic mass is 10.3. The van der Waals surface area contributed by atoms with Crippen molar-refractivity contribution in [1.29, 1.82) is 0 Å². The molecule has 3 N–H and O–H groups in total. The summed E-state index contributed by atoms with van der Waals surface area (Å²) in [7, 11) is 1.70. The fourth-order valence-electron chi connectivity index (χ4n) is 0.725. The number of tetrazole rings is 1. The van der Waals surface area contributed by atoms with Crippen molar-refractivity contribution in [1.82, 2.24) is 25.5 Å². The Morgan fingerprint density at radius 3 is 2.92 bits per heavy atom. The quantitative estimate of drug-likeness (QED) is 0.576. The average molecular weight is 184 g/mol. The number of aryl methyl sites for hydroxylation is 1. The minimum Gasteiger partial charge on any atom is -0.347 e. The highest BCUT2D eigenvalue weighted by atomic mass is 16.2. The van der Waals surface area contributed by atoms with E-state index in [1.54, 1.807) is 14.0 Å². The first-order chi connectivity index (χ1) is 6.11. The Hall–Kier alpha value is -1.50. The van der Waals surface area contributed by atoms with Crippen molar-refractivity contribution in [2.24, 2.45) is 12.8 Å². The van der Waals surface area contributed by atoms with Crippen LogP contribution in [0.3, 0.4) is 0 Å². The highest BCUT2D eigenvalue weighted by Crippen LogP contribution is 1.87. The molecule has 0 aromatic carbocycles. The van der Waals surface area contributed by atoms with Gasteiger partial charge in [0.15, 0.2) is 5.82 Å². The van der Waals surface area contributed by atoms with Crippen LogP contribution in [0.4, 0.5) is 0 Å². The summed E-state index contributed by atoms with van der Waals surface area (Å²) in [6.07, 6.45) is 0. The first-order valence-electron chi connectivity index (χ1n) is 3.86. The SMILES string of the molecule is C[C@@H](N)C(=O)NCc1nnnn1C. The van der Waals surface area contributed by atoms with Crippen LogP contribution in [0.1, 0.15) is 12.7 Å². The van der Waals surface area contributed by atoms with Gasteiger partial charge in [-0.25, -0.2) is 4.68 Å². The van der Waals surface area contributed by atoms with Crippen LogP contribution in [0.15, 0.2) is 0 Å². The summed E-state index contributed by atoms with van der Waals surface area (Å²) in [6.45, 7) is 1.91. The lowest BCUT2D eigenvalue weighted by Gasteiger charge is -2.05. The molecule has 0 spiro atoms. The molecule has 0 aliphatic heterocycles. The lowest BCUT2D eigenvalue weighted by Crippen LogP contribution is -2.38. The highest BCUT2D eigenvalue weighted by Gasteiger charge is 2.08.